The molecule has 0 bridgehead atoms. The molecule has 0 fully saturated rings. The van der Waals surface area contributed by atoms with Crippen LogP contribution in [0.15, 0.2) is 0 Å². The van der Waals surface area contributed by atoms with Gasteiger partial charge in [0, 0.05) is 6.42 Å². The fraction of sp³-hybridized carbons (Fsp3) is 0.667. The molecule has 6 nitrogen and oxygen atoms in total. The number of nitrogens with two attached hydrogens (primary N) is 1. The average molecular weight is 177 g/mol. The van der Waals surface area contributed by atoms with Gasteiger partial charge in [0.15, 0.2) is 0 Å². The van der Waals surface area contributed by atoms with E-state index in [1.165, 1.54) is 0 Å². The molecule has 0 aromatic rings. The third kappa shape index (κ3) is 3.89. The minimum absolute atomic E-state index is 0.150. The van der Waals surface area contributed by atoms with E-state index in [9.17, 15) is 9.59 Å². The van der Waals surface area contributed by atoms with Crippen LogP contribution in [0.1, 0.15) is 12.8 Å². The van der Waals surface area contributed by atoms with Gasteiger partial charge in [-0.15, -0.1) is 0 Å². The quantitative estimate of drug-likeness (QED) is 0.411. The summed E-state index contributed by atoms with van der Waals surface area (Å²) in [6.07, 6.45) is -1.75. The minimum atomic E-state index is -1.41. The highest BCUT2D eigenvalue weighted by Gasteiger charge is 2.22. The summed E-state index contributed by atoms with van der Waals surface area (Å²) in [6, 6.07) is -1.41. The summed E-state index contributed by atoms with van der Waals surface area (Å²) in [5.74, 6) is -2.43. The molecule has 2 atom stereocenters. The number of hydrogen-bond acceptors (Lipinski definition) is 4. The van der Waals surface area contributed by atoms with Crippen LogP contribution in [-0.4, -0.2) is 39.4 Å². The summed E-state index contributed by atoms with van der Waals surface area (Å²) < 4.78 is 0. The van der Waals surface area contributed by atoms with Crippen LogP contribution in [0.4, 0.5) is 0 Å². The number of hydrogen-bond donors (Lipinski definition) is 4. The highest BCUT2D eigenvalue weighted by atomic mass is 16.4. The smallest absolute Gasteiger partial charge is 0.323 e. The van der Waals surface area contributed by atoms with E-state index in [0.717, 1.165) is 0 Å². The fourth-order valence-corrected chi connectivity index (χ4v) is 0.615. The van der Waals surface area contributed by atoms with Crippen molar-refractivity contribution in [3.63, 3.8) is 0 Å². The number of carbonyl (C=O) groups is 2. The molecular formula is C6H11NO5. The monoisotopic (exact) mass is 177 g/mol. The fourth-order valence-electron chi connectivity index (χ4n) is 0.615. The van der Waals surface area contributed by atoms with E-state index in [-0.39, 0.29) is 12.8 Å². The van der Waals surface area contributed by atoms with Gasteiger partial charge in [-0.25, -0.2) is 0 Å². The van der Waals surface area contributed by atoms with Gasteiger partial charge < -0.3 is 21.1 Å². The van der Waals surface area contributed by atoms with Crippen LogP contribution >= 0.6 is 0 Å². The molecule has 12 heavy (non-hydrogen) atoms. The molecule has 0 aliphatic rings. The molecule has 2 unspecified atom stereocenters. The van der Waals surface area contributed by atoms with Gasteiger partial charge in [0.1, 0.15) is 6.04 Å². The van der Waals surface area contributed by atoms with Gasteiger partial charge >= 0.3 is 11.9 Å². The Hall–Kier alpha value is -1.14. The maximum Gasteiger partial charge on any atom is 0.323 e. The van der Waals surface area contributed by atoms with Crippen molar-refractivity contribution in [1.29, 1.82) is 0 Å². The molecule has 0 aromatic heterocycles. The number of carboxylic acid groups (broad SMARTS) is 2. The van der Waals surface area contributed by atoms with Crippen LogP contribution in [0, 0.1) is 0 Å². The van der Waals surface area contributed by atoms with Gasteiger partial charge in [-0.05, 0) is 6.42 Å². The molecule has 0 rings (SSSR count). The molecule has 0 spiro atoms. The van der Waals surface area contributed by atoms with Crippen molar-refractivity contribution in [3.8, 4) is 0 Å². The lowest BCUT2D eigenvalue weighted by Crippen LogP contribution is -2.41. The second-order valence-corrected chi connectivity index (χ2v) is 2.36. The maximum absolute atomic E-state index is 10.2. The normalized spacial score (nSPS) is 15.2. The summed E-state index contributed by atoms with van der Waals surface area (Å²) in [5, 5.41) is 25.4. The highest BCUT2D eigenvalue weighted by molar-refractivity contribution is 5.74. The molecule has 0 saturated carbocycles. The topological polar surface area (TPSA) is 121 Å². The van der Waals surface area contributed by atoms with Crippen LogP contribution < -0.4 is 5.73 Å². The molecule has 0 aliphatic carbocycles. The summed E-state index contributed by atoms with van der Waals surface area (Å²) in [5.41, 5.74) is 5.00. The molecular weight excluding hydrogens is 166 g/mol. The predicted octanol–water partition coefficient (Wildman–Crippen LogP) is -1.38. The van der Waals surface area contributed by atoms with Crippen molar-refractivity contribution in [2.75, 3.05) is 0 Å². The van der Waals surface area contributed by atoms with Crippen molar-refractivity contribution < 1.29 is 24.9 Å². The summed E-state index contributed by atoms with van der Waals surface area (Å²) >= 11 is 0. The van der Waals surface area contributed by atoms with E-state index in [0.29, 0.717) is 0 Å². The third-order valence-corrected chi connectivity index (χ3v) is 1.35. The Kier molecular flexibility index (Phi) is 4.24. The van der Waals surface area contributed by atoms with E-state index in [1.54, 1.807) is 0 Å². The second kappa shape index (κ2) is 4.68. The Morgan fingerprint density at radius 2 is 1.83 bits per heavy atom. The van der Waals surface area contributed by atoms with Crippen LogP contribution in [0.5, 0.6) is 0 Å². The molecule has 0 heterocycles. The largest absolute Gasteiger partial charge is 0.481 e. The lowest BCUT2D eigenvalue weighted by atomic mass is 10.1. The Morgan fingerprint density at radius 1 is 1.33 bits per heavy atom. The summed E-state index contributed by atoms with van der Waals surface area (Å²) in [7, 11) is 0. The average Bonchev–Trinajstić information content (AvgIpc) is 1.98. The molecule has 0 amide bonds. The first-order chi connectivity index (χ1) is 5.45. The molecule has 70 valence electrons. The van der Waals surface area contributed by atoms with Gasteiger partial charge in [0.25, 0.3) is 0 Å². The van der Waals surface area contributed by atoms with Gasteiger partial charge in [-0.1, -0.05) is 0 Å². The molecule has 6 heteroatoms. The molecule has 0 aliphatic heterocycles. The molecule has 0 aromatic carbocycles. The number of aliphatic hydroxyl groups is 1. The van der Waals surface area contributed by atoms with E-state index in [2.05, 4.69) is 0 Å². The molecule has 0 saturated heterocycles. The Morgan fingerprint density at radius 3 is 2.17 bits per heavy atom. The Bertz CT molecular complexity index is 181. The first-order valence-corrected chi connectivity index (χ1v) is 3.33. The van der Waals surface area contributed by atoms with Crippen molar-refractivity contribution in [2.45, 2.75) is 25.0 Å². The molecule has 5 N–H and O–H groups in total. The maximum atomic E-state index is 10.2. The van der Waals surface area contributed by atoms with Crippen LogP contribution in [0.3, 0.4) is 0 Å². The second-order valence-electron chi connectivity index (χ2n) is 2.36. The first kappa shape index (κ1) is 10.9. The van der Waals surface area contributed by atoms with Crippen molar-refractivity contribution in [2.24, 2.45) is 5.73 Å². The van der Waals surface area contributed by atoms with Crippen molar-refractivity contribution in [1.82, 2.24) is 0 Å². The zero-order valence-electron chi connectivity index (χ0n) is 6.30. The van der Waals surface area contributed by atoms with Crippen LogP contribution in [0.2, 0.25) is 0 Å². The van der Waals surface area contributed by atoms with Gasteiger partial charge in [-0.2, -0.15) is 0 Å². The number of aliphatic hydroxyl groups excluding tert-OH is 1. The van der Waals surface area contributed by atoms with E-state index >= 15 is 0 Å². The lowest BCUT2D eigenvalue weighted by molar-refractivity contribution is -0.143. The summed E-state index contributed by atoms with van der Waals surface area (Å²) in [6.45, 7) is 0. The van der Waals surface area contributed by atoms with E-state index < -0.39 is 24.1 Å². The van der Waals surface area contributed by atoms with Crippen LogP contribution in [-0.2, 0) is 9.59 Å². The minimum Gasteiger partial charge on any atom is -0.481 e. The van der Waals surface area contributed by atoms with Crippen LogP contribution in [0.25, 0.3) is 0 Å². The zero-order chi connectivity index (χ0) is 9.72. The Balaban J connectivity index is 3.79. The lowest BCUT2D eigenvalue weighted by Gasteiger charge is -2.12. The molecule has 0 radical (unpaired) electrons. The van der Waals surface area contributed by atoms with E-state index in [4.69, 9.17) is 21.1 Å². The van der Waals surface area contributed by atoms with Crippen molar-refractivity contribution >= 4 is 11.9 Å². The van der Waals surface area contributed by atoms with E-state index in [1.807, 2.05) is 0 Å². The summed E-state index contributed by atoms with van der Waals surface area (Å²) in [4.78, 5) is 20.1. The van der Waals surface area contributed by atoms with Crippen molar-refractivity contribution in [3.05, 3.63) is 0 Å². The highest BCUT2D eigenvalue weighted by Crippen LogP contribution is 2.00. The van der Waals surface area contributed by atoms with Gasteiger partial charge in [0.05, 0.1) is 6.10 Å². The first-order valence-electron chi connectivity index (χ1n) is 3.33. The van der Waals surface area contributed by atoms with Gasteiger partial charge in [-0.3, -0.25) is 9.59 Å². The van der Waals surface area contributed by atoms with Gasteiger partial charge in [0.2, 0.25) is 0 Å². The standard InChI is InChI=1S/C6H11NO5/c7-5(6(11)12)3(8)1-2-4(9)10/h3,5,8H,1-2,7H2,(H,9,10)(H,11,12). The Labute approximate surface area is 68.6 Å². The zero-order valence-corrected chi connectivity index (χ0v) is 6.30. The number of rotatable bonds is 5. The number of carboxylic acids is 2. The third-order valence-electron chi connectivity index (χ3n) is 1.35. The SMILES string of the molecule is NC(C(=O)O)C(O)CCC(=O)O. The number of aliphatic carboxylic acids is 2. The predicted molar refractivity (Wildman–Crippen MR) is 38.5 cm³/mol.